The van der Waals surface area contributed by atoms with Gasteiger partial charge in [0.2, 0.25) is 0 Å². The van der Waals surface area contributed by atoms with Gasteiger partial charge < -0.3 is 5.11 Å². The third-order valence-electron chi connectivity index (χ3n) is 9.73. The number of hydrogen-bond acceptors (Lipinski definition) is 2. The highest BCUT2D eigenvalue weighted by atomic mass is 16.3. The van der Waals surface area contributed by atoms with Crippen LogP contribution in [-0.2, 0) is 4.79 Å². The average molecular weight is 399 g/mol. The summed E-state index contributed by atoms with van der Waals surface area (Å²) in [6, 6.07) is 0. The van der Waals surface area contributed by atoms with Gasteiger partial charge in [-0.15, -0.1) is 0 Å². The van der Waals surface area contributed by atoms with E-state index in [1.54, 1.807) is 0 Å². The Hall–Kier alpha value is -0.890. The van der Waals surface area contributed by atoms with Gasteiger partial charge >= 0.3 is 0 Å². The zero-order valence-electron chi connectivity index (χ0n) is 19.3. The maximum atomic E-state index is 12.1. The molecule has 4 rings (SSSR count). The summed E-state index contributed by atoms with van der Waals surface area (Å²) in [5, 5.41) is 11.0. The topological polar surface area (TPSA) is 37.3 Å². The Balaban J connectivity index is 1.57. The van der Waals surface area contributed by atoms with Crippen molar-refractivity contribution >= 4 is 5.78 Å². The minimum absolute atomic E-state index is 0.0401. The summed E-state index contributed by atoms with van der Waals surface area (Å²) >= 11 is 0. The summed E-state index contributed by atoms with van der Waals surface area (Å²) in [5.41, 5.74) is 1.52. The van der Waals surface area contributed by atoms with Crippen LogP contribution in [0.25, 0.3) is 0 Å². The van der Waals surface area contributed by atoms with Gasteiger partial charge in [0.25, 0.3) is 0 Å². The Morgan fingerprint density at radius 2 is 1.90 bits per heavy atom. The maximum absolute atomic E-state index is 12.1. The number of carbonyl (C=O) groups excluding carboxylic acids is 1. The number of aliphatic hydroxyl groups excluding tert-OH is 1. The molecule has 0 heterocycles. The molecule has 0 spiro atoms. The molecule has 1 N–H and O–H groups in total. The van der Waals surface area contributed by atoms with E-state index in [0.29, 0.717) is 29.6 Å². The fraction of sp³-hybridized carbons (Fsp3) is 0.815. The van der Waals surface area contributed by atoms with Gasteiger partial charge in [-0.05, 0) is 103 Å². The van der Waals surface area contributed by atoms with E-state index in [9.17, 15) is 9.90 Å². The molecule has 2 nitrogen and oxygen atoms in total. The van der Waals surface area contributed by atoms with E-state index >= 15 is 0 Å². The van der Waals surface area contributed by atoms with Crippen molar-refractivity contribution in [3.63, 3.8) is 0 Å². The van der Waals surface area contributed by atoms with Gasteiger partial charge in [0.15, 0.2) is 5.78 Å². The third kappa shape index (κ3) is 3.48. The van der Waals surface area contributed by atoms with Crippen LogP contribution in [0, 0.1) is 46.3 Å². The van der Waals surface area contributed by atoms with E-state index in [2.05, 4.69) is 46.8 Å². The van der Waals surface area contributed by atoms with Gasteiger partial charge in [-0.1, -0.05) is 46.8 Å². The lowest BCUT2D eigenvalue weighted by molar-refractivity contribution is -0.119. The van der Waals surface area contributed by atoms with Crippen molar-refractivity contribution in [1.29, 1.82) is 0 Å². The molecule has 29 heavy (non-hydrogen) atoms. The van der Waals surface area contributed by atoms with Gasteiger partial charge in [0, 0.05) is 6.42 Å². The summed E-state index contributed by atoms with van der Waals surface area (Å²) in [6.07, 6.45) is 15.2. The number of carbonyl (C=O) groups is 1. The monoisotopic (exact) mass is 398 g/mol. The van der Waals surface area contributed by atoms with Crippen molar-refractivity contribution in [2.45, 2.75) is 92.1 Å². The van der Waals surface area contributed by atoms with Crippen molar-refractivity contribution in [2.24, 2.45) is 46.3 Å². The van der Waals surface area contributed by atoms with Crippen LogP contribution in [-0.4, -0.2) is 17.0 Å². The molecule has 3 saturated carbocycles. The van der Waals surface area contributed by atoms with Crippen molar-refractivity contribution in [3.05, 3.63) is 23.8 Å². The zero-order chi connectivity index (χ0) is 21.0. The first-order valence-corrected chi connectivity index (χ1v) is 12.3. The summed E-state index contributed by atoms with van der Waals surface area (Å²) in [5.74, 6) is 4.37. The van der Waals surface area contributed by atoms with E-state index in [4.69, 9.17) is 0 Å². The van der Waals surface area contributed by atoms with Crippen molar-refractivity contribution < 1.29 is 9.90 Å². The molecular weight excluding hydrogens is 356 g/mol. The summed E-state index contributed by atoms with van der Waals surface area (Å²) in [7, 11) is 0. The smallest absolute Gasteiger partial charge is 0.155 e. The fourth-order valence-corrected chi connectivity index (χ4v) is 8.21. The van der Waals surface area contributed by atoms with E-state index in [1.165, 1.54) is 32.1 Å². The van der Waals surface area contributed by atoms with Gasteiger partial charge in [-0.2, -0.15) is 0 Å². The standard InChI is InChI=1S/C27H42O2/c1-17(2)7-6-8-18(3)21-9-10-22-20-16-25(29)24-15-19(28)11-13-27(24,5)23(20)12-14-26(21,22)4/h6,8,15,17-18,20-23,25,29H,7,9-14,16H2,1-5H3/t18-,20+,21-,22+,23+,25+,26-,27-/m1/s1. The van der Waals surface area contributed by atoms with Crippen LogP contribution < -0.4 is 0 Å². The van der Waals surface area contributed by atoms with Crippen LogP contribution in [0.5, 0.6) is 0 Å². The van der Waals surface area contributed by atoms with E-state index in [1.807, 2.05) is 6.08 Å². The number of rotatable bonds is 4. The van der Waals surface area contributed by atoms with Crippen LogP contribution >= 0.6 is 0 Å². The molecule has 4 aliphatic carbocycles. The van der Waals surface area contributed by atoms with Crippen LogP contribution in [0.3, 0.4) is 0 Å². The van der Waals surface area contributed by atoms with Crippen LogP contribution in [0.15, 0.2) is 23.8 Å². The molecule has 0 aliphatic heterocycles. The molecule has 0 bridgehead atoms. The van der Waals surface area contributed by atoms with Gasteiger partial charge in [0.05, 0.1) is 6.10 Å². The largest absolute Gasteiger partial charge is 0.389 e. The number of aliphatic hydroxyl groups is 1. The molecule has 8 atom stereocenters. The minimum Gasteiger partial charge on any atom is -0.389 e. The zero-order valence-corrected chi connectivity index (χ0v) is 19.3. The quantitative estimate of drug-likeness (QED) is 0.561. The van der Waals surface area contributed by atoms with Gasteiger partial charge in [0.1, 0.15) is 0 Å². The SMILES string of the molecule is CC(C)CC=C[C@@H](C)[C@H]1CC[C@H]2[C@@H]3C[C@H](O)C4=CC(=O)CC[C@]4(C)[C@H]3CC[C@]12C. The number of hydrogen-bond donors (Lipinski definition) is 1. The Morgan fingerprint density at radius 1 is 1.14 bits per heavy atom. The van der Waals surface area contributed by atoms with Crippen molar-refractivity contribution in [1.82, 2.24) is 0 Å². The van der Waals surface area contributed by atoms with Crippen molar-refractivity contribution in [3.8, 4) is 0 Å². The van der Waals surface area contributed by atoms with Crippen LogP contribution in [0.1, 0.15) is 86.0 Å². The molecule has 0 radical (unpaired) electrons. The number of ketones is 1. The first kappa shape index (κ1) is 21.3. The molecule has 162 valence electrons. The molecule has 0 aromatic rings. The highest BCUT2D eigenvalue weighted by Crippen LogP contribution is 2.67. The Kier molecular flexibility index (Phi) is 5.64. The Labute approximate surface area is 178 Å². The molecule has 4 aliphatic rings. The highest BCUT2D eigenvalue weighted by molar-refractivity contribution is 5.91. The minimum atomic E-state index is -0.407. The van der Waals surface area contributed by atoms with E-state index in [0.717, 1.165) is 36.2 Å². The fourth-order valence-electron chi connectivity index (χ4n) is 8.21. The summed E-state index contributed by atoms with van der Waals surface area (Å²) in [4.78, 5) is 12.1. The van der Waals surface area contributed by atoms with Gasteiger partial charge in [-0.3, -0.25) is 4.79 Å². The summed E-state index contributed by atoms with van der Waals surface area (Å²) < 4.78 is 0. The van der Waals surface area contributed by atoms with Crippen molar-refractivity contribution in [2.75, 3.05) is 0 Å². The molecular formula is C27H42O2. The second-order valence-corrected chi connectivity index (χ2v) is 11.8. The Bertz CT molecular complexity index is 703. The van der Waals surface area contributed by atoms with Crippen LogP contribution in [0.4, 0.5) is 0 Å². The first-order chi connectivity index (χ1) is 13.7. The highest BCUT2D eigenvalue weighted by Gasteiger charge is 2.60. The predicted molar refractivity (Wildman–Crippen MR) is 119 cm³/mol. The second-order valence-electron chi connectivity index (χ2n) is 11.8. The number of fused-ring (bicyclic) bond motifs is 5. The molecule has 0 unspecified atom stereocenters. The molecule has 0 amide bonds. The lowest BCUT2D eigenvalue weighted by Gasteiger charge is -2.59. The lowest BCUT2D eigenvalue weighted by atomic mass is 9.46. The van der Waals surface area contributed by atoms with Gasteiger partial charge in [-0.25, -0.2) is 0 Å². The Morgan fingerprint density at radius 3 is 2.62 bits per heavy atom. The predicted octanol–water partition coefficient (Wildman–Crippen LogP) is 6.34. The van der Waals surface area contributed by atoms with E-state index in [-0.39, 0.29) is 11.2 Å². The van der Waals surface area contributed by atoms with Crippen LogP contribution in [0.2, 0.25) is 0 Å². The maximum Gasteiger partial charge on any atom is 0.155 e. The molecule has 0 saturated heterocycles. The third-order valence-corrected chi connectivity index (χ3v) is 9.73. The normalized spacial score (nSPS) is 45.7. The molecule has 2 heteroatoms. The average Bonchev–Trinajstić information content (AvgIpc) is 3.00. The summed E-state index contributed by atoms with van der Waals surface area (Å²) in [6.45, 7) is 12.0. The lowest BCUT2D eigenvalue weighted by Crippen LogP contribution is -2.54. The molecule has 0 aromatic heterocycles. The molecule has 0 aromatic carbocycles. The second kappa shape index (κ2) is 7.66. The molecule has 3 fully saturated rings. The van der Waals surface area contributed by atoms with E-state index < -0.39 is 6.10 Å². The first-order valence-electron chi connectivity index (χ1n) is 12.3. The number of allylic oxidation sites excluding steroid dienone is 2.